The smallest absolute Gasteiger partial charge is 0.0961 e. The Morgan fingerprint density at radius 2 is 2.00 bits per heavy atom. The molecule has 0 amide bonds. The Labute approximate surface area is 128 Å². The lowest BCUT2D eigenvalue weighted by molar-refractivity contribution is 0.0398. The molecule has 0 aliphatic heterocycles. The van der Waals surface area contributed by atoms with Gasteiger partial charge in [-0.2, -0.15) is 0 Å². The van der Waals surface area contributed by atoms with Crippen molar-refractivity contribution >= 4 is 23.4 Å². The molecule has 0 spiro atoms. The number of ether oxygens (including phenoxy) is 1. The summed E-state index contributed by atoms with van der Waals surface area (Å²) in [7, 11) is 0. The highest BCUT2D eigenvalue weighted by Gasteiger charge is 2.06. The fourth-order valence-corrected chi connectivity index (χ4v) is 2.43. The maximum absolute atomic E-state index is 9.84. The van der Waals surface area contributed by atoms with Gasteiger partial charge < -0.3 is 9.84 Å². The molecule has 0 radical (unpaired) electrons. The van der Waals surface area contributed by atoms with Crippen molar-refractivity contribution in [3.05, 3.63) is 59.2 Å². The van der Waals surface area contributed by atoms with E-state index in [9.17, 15) is 5.11 Å². The van der Waals surface area contributed by atoms with Crippen molar-refractivity contribution < 1.29 is 9.84 Å². The Morgan fingerprint density at radius 3 is 2.70 bits per heavy atom. The van der Waals surface area contributed by atoms with Crippen LogP contribution in [0.25, 0.3) is 0 Å². The number of aromatic nitrogens is 1. The lowest BCUT2D eigenvalue weighted by Crippen LogP contribution is -2.17. The molecule has 1 atom stereocenters. The molecule has 1 aromatic heterocycles. The van der Waals surface area contributed by atoms with Gasteiger partial charge in [0.05, 0.1) is 29.4 Å². The minimum absolute atomic E-state index is 0.315. The van der Waals surface area contributed by atoms with Crippen LogP contribution in [-0.4, -0.2) is 28.6 Å². The summed E-state index contributed by atoms with van der Waals surface area (Å²) in [6.07, 6.45) is 1.09. The van der Waals surface area contributed by atoms with Gasteiger partial charge in [-0.15, -0.1) is 11.8 Å². The molecule has 0 bridgehead atoms. The Hall–Kier alpha value is -1.07. The topological polar surface area (TPSA) is 42.4 Å². The SMILES string of the molecule is OC(COCc1ccccc1)CSc1ccc(Cl)cn1. The molecule has 1 aromatic carbocycles. The van der Waals surface area contributed by atoms with E-state index in [1.807, 2.05) is 36.4 Å². The summed E-state index contributed by atoms with van der Waals surface area (Å²) in [5.74, 6) is 0.545. The van der Waals surface area contributed by atoms with Crippen LogP contribution in [0.2, 0.25) is 5.02 Å². The second-order valence-electron chi connectivity index (χ2n) is 4.28. The Balaban J connectivity index is 1.65. The normalized spacial score (nSPS) is 12.3. The van der Waals surface area contributed by atoms with Crippen LogP contribution in [0.4, 0.5) is 0 Å². The highest BCUT2D eigenvalue weighted by atomic mass is 35.5. The van der Waals surface area contributed by atoms with E-state index in [0.717, 1.165) is 10.6 Å². The van der Waals surface area contributed by atoms with Crippen molar-refractivity contribution in [2.24, 2.45) is 0 Å². The van der Waals surface area contributed by atoms with Crippen molar-refractivity contribution in [2.45, 2.75) is 17.7 Å². The number of nitrogens with zero attached hydrogens (tertiary/aromatic N) is 1. The maximum Gasteiger partial charge on any atom is 0.0961 e. The molecule has 0 aliphatic carbocycles. The third-order valence-corrected chi connectivity index (χ3v) is 3.86. The molecule has 5 heteroatoms. The van der Waals surface area contributed by atoms with E-state index in [2.05, 4.69) is 4.98 Å². The minimum atomic E-state index is -0.513. The predicted molar refractivity (Wildman–Crippen MR) is 82.1 cm³/mol. The number of pyridine rings is 1. The first-order valence-corrected chi connectivity index (χ1v) is 7.64. The van der Waals surface area contributed by atoms with Crippen LogP contribution in [0, 0.1) is 0 Å². The fraction of sp³-hybridized carbons (Fsp3) is 0.267. The van der Waals surface area contributed by atoms with Gasteiger partial charge in [-0.3, -0.25) is 0 Å². The summed E-state index contributed by atoms with van der Waals surface area (Å²) >= 11 is 7.24. The van der Waals surface area contributed by atoms with Gasteiger partial charge in [-0.05, 0) is 17.7 Å². The van der Waals surface area contributed by atoms with Crippen LogP contribution in [0.1, 0.15) is 5.56 Å². The first-order chi connectivity index (χ1) is 9.74. The van der Waals surface area contributed by atoms with Gasteiger partial charge in [0.25, 0.3) is 0 Å². The molecular formula is C15H16ClNO2S. The van der Waals surface area contributed by atoms with E-state index in [-0.39, 0.29) is 0 Å². The largest absolute Gasteiger partial charge is 0.390 e. The first kappa shape index (κ1) is 15.3. The maximum atomic E-state index is 9.84. The van der Waals surface area contributed by atoms with E-state index >= 15 is 0 Å². The lowest BCUT2D eigenvalue weighted by atomic mass is 10.2. The fourth-order valence-electron chi connectivity index (χ4n) is 1.56. The summed E-state index contributed by atoms with van der Waals surface area (Å²) in [5, 5.41) is 11.3. The van der Waals surface area contributed by atoms with Gasteiger partial charge in [0.15, 0.2) is 0 Å². The number of halogens is 1. The molecule has 3 nitrogen and oxygen atoms in total. The monoisotopic (exact) mass is 309 g/mol. The molecule has 1 heterocycles. The van der Waals surface area contributed by atoms with Crippen molar-refractivity contribution in [1.82, 2.24) is 4.98 Å². The second kappa shape index (κ2) is 8.27. The zero-order valence-corrected chi connectivity index (χ0v) is 12.5. The number of hydrogen-bond donors (Lipinski definition) is 1. The molecule has 0 saturated heterocycles. The van der Waals surface area contributed by atoms with E-state index in [1.54, 1.807) is 12.3 Å². The standard InChI is InChI=1S/C15H16ClNO2S/c16-13-6-7-15(17-8-13)20-11-14(18)10-19-9-12-4-2-1-3-5-12/h1-8,14,18H,9-11H2. The van der Waals surface area contributed by atoms with Crippen molar-refractivity contribution in [1.29, 1.82) is 0 Å². The summed E-state index contributed by atoms with van der Waals surface area (Å²) in [6, 6.07) is 13.5. The molecule has 0 aliphatic rings. The number of aliphatic hydroxyl groups is 1. The van der Waals surface area contributed by atoms with E-state index in [0.29, 0.717) is 24.0 Å². The van der Waals surface area contributed by atoms with Crippen LogP contribution in [0.15, 0.2) is 53.7 Å². The number of hydrogen-bond acceptors (Lipinski definition) is 4. The second-order valence-corrected chi connectivity index (χ2v) is 5.76. The van der Waals surface area contributed by atoms with Crippen LogP contribution in [0.5, 0.6) is 0 Å². The molecule has 1 N–H and O–H groups in total. The van der Waals surface area contributed by atoms with Gasteiger partial charge in [0, 0.05) is 11.9 Å². The Bertz CT molecular complexity index is 507. The molecule has 0 saturated carbocycles. The van der Waals surface area contributed by atoms with E-state index in [4.69, 9.17) is 16.3 Å². The van der Waals surface area contributed by atoms with E-state index in [1.165, 1.54) is 11.8 Å². The zero-order valence-electron chi connectivity index (χ0n) is 10.9. The van der Waals surface area contributed by atoms with Crippen molar-refractivity contribution in [3.8, 4) is 0 Å². The van der Waals surface area contributed by atoms with Crippen LogP contribution in [0.3, 0.4) is 0 Å². The molecule has 1 unspecified atom stereocenters. The van der Waals surface area contributed by atoms with Crippen LogP contribution < -0.4 is 0 Å². The van der Waals surface area contributed by atoms with Crippen LogP contribution >= 0.6 is 23.4 Å². The minimum Gasteiger partial charge on any atom is -0.390 e. The summed E-state index contributed by atoms with van der Waals surface area (Å²) < 4.78 is 5.48. The van der Waals surface area contributed by atoms with Crippen LogP contribution in [-0.2, 0) is 11.3 Å². The van der Waals surface area contributed by atoms with Gasteiger partial charge in [0.2, 0.25) is 0 Å². The molecule has 20 heavy (non-hydrogen) atoms. The van der Waals surface area contributed by atoms with Crippen molar-refractivity contribution in [2.75, 3.05) is 12.4 Å². The highest BCUT2D eigenvalue weighted by molar-refractivity contribution is 7.99. The Morgan fingerprint density at radius 1 is 1.20 bits per heavy atom. The summed E-state index contributed by atoms with van der Waals surface area (Å²) in [5.41, 5.74) is 1.10. The van der Waals surface area contributed by atoms with Gasteiger partial charge in [-0.25, -0.2) is 4.98 Å². The molecule has 2 aromatic rings. The third kappa shape index (κ3) is 5.51. The first-order valence-electron chi connectivity index (χ1n) is 6.28. The van der Waals surface area contributed by atoms with Gasteiger partial charge in [0.1, 0.15) is 0 Å². The number of benzene rings is 1. The van der Waals surface area contributed by atoms with Gasteiger partial charge >= 0.3 is 0 Å². The number of aliphatic hydroxyl groups excluding tert-OH is 1. The lowest BCUT2D eigenvalue weighted by Gasteiger charge is -2.10. The Kier molecular flexibility index (Phi) is 6.33. The zero-order chi connectivity index (χ0) is 14.2. The number of thioether (sulfide) groups is 1. The summed E-state index contributed by atoms with van der Waals surface area (Å²) in [6.45, 7) is 0.831. The third-order valence-electron chi connectivity index (χ3n) is 2.55. The summed E-state index contributed by atoms with van der Waals surface area (Å²) in [4.78, 5) is 4.16. The van der Waals surface area contributed by atoms with Gasteiger partial charge in [-0.1, -0.05) is 41.9 Å². The molecule has 0 fully saturated rings. The number of rotatable bonds is 7. The predicted octanol–water partition coefficient (Wildman–Crippen LogP) is 3.40. The highest BCUT2D eigenvalue weighted by Crippen LogP contribution is 2.18. The molecule has 106 valence electrons. The quantitative estimate of drug-likeness (QED) is 0.796. The average molecular weight is 310 g/mol. The molecule has 2 rings (SSSR count). The van der Waals surface area contributed by atoms with Crippen molar-refractivity contribution in [3.63, 3.8) is 0 Å². The average Bonchev–Trinajstić information content (AvgIpc) is 2.48. The van der Waals surface area contributed by atoms with E-state index < -0.39 is 6.10 Å². The molecular weight excluding hydrogens is 294 g/mol.